The summed E-state index contributed by atoms with van der Waals surface area (Å²) in [5, 5.41) is 3.13. The fourth-order valence-electron chi connectivity index (χ4n) is 2.21. The summed E-state index contributed by atoms with van der Waals surface area (Å²) in [4.78, 5) is 4.47. The number of rotatable bonds is 4. The quantitative estimate of drug-likeness (QED) is 0.756. The number of likely N-dealkylation sites (N-methyl/N-ethyl adjacent to an activating group) is 1. The molecule has 15 heavy (non-hydrogen) atoms. The van der Waals surface area contributed by atoms with Crippen molar-refractivity contribution in [3.8, 4) is 0 Å². The Hall–Kier alpha value is -1.09. The van der Waals surface area contributed by atoms with E-state index in [1.165, 1.54) is 36.2 Å². The first-order valence-electron chi connectivity index (χ1n) is 5.65. The molecule has 0 amide bonds. The van der Waals surface area contributed by atoms with Crippen LogP contribution < -0.4 is 5.32 Å². The van der Waals surface area contributed by atoms with Crippen LogP contribution in [0.1, 0.15) is 24.2 Å². The Morgan fingerprint density at radius 2 is 2.33 bits per heavy atom. The van der Waals surface area contributed by atoms with Gasteiger partial charge in [0.25, 0.3) is 0 Å². The number of aromatic nitrogens is 2. The van der Waals surface area contributed by atoms with Gasteiger partial charge in [-0.2, -0.15) is 0 Å². The maximum atomic E-state index is 4.47. The molecule has 0 saturated heterocycles. The molecule has 1 N–H and O–H groups in total. The van der Waals surface area contributed by atoms with E-state index in [-0.39, 0.29) is 0 Å². The van der Waals surface area contributed by atoms with E-state index in [1.54, 1.807) is 0 Å². The number of fused-ring (bicyclic) bond motifs is 1. The molecule has 0 unspecified atom stereocenters. The van der Waals surface area contributed by atoms with Crippen LogP contribution >= 0.6 is 0 Å². The lowest BCUT2D eigenvalue weighted by molar-refractivity contribution is 0.621. The zero-order valence-corrected chi connectivity index (χ0v) is 9.42. The van der Waals surface area contributed by atoms with Gasteiger partial charge in [0.15, 0.2) is 0 Å². The van der Waals surface area contributed by atoms with E-state index in [4.69, 9.17) is 0 Å². The van der Waals surface area contributed by atoms with Gasteiger partial charge in [-0.05, 0) is 38.3 Å². The molecule has 1 heterocycles. The van der Waals surface area contributed by atoms with Crippen LogP contribution in [0.2, 0.25) is 0 Å². The molecule has 0 spiro atoms. The molecule has 0 fully saturated rings. The summed E-state index contributed by atoms with van der Waals surface area (Å²) in [5.41, 5.74) is 3.94. The van der Waals surface area contributed by atoms with Crippen molar-refractivity contribution in [3.05, 3.63) is 29.9 Å². The van der Waals surface area contributed by atoms with E-state index < -0.39 is 0 Å². The van der Waals surface area contributed by atoms with Crippen molar-refractivity contribution in [1.82, 2.24) is 14.9 Å². The Morgan fingerprint density at radius 1 is 1.53 bits per heavy atom. The van der Waals surface area contributed by atoms with Gasteiger partial charge in [0.1, 0.15) is 0 Å². The van der Waals surface area contributed by atoms with E-state index in [0.29, 0.717) is 0 Å². The molecule has 82 valence electrons. The summed E-state index contributed by atoms with van der Waals surface area (Å²) >= 11 is 0. The smallest absolute Gasteiger partial charge is 0.0954 e. The van der Waals surface area contributed by atoms with Crippen LogP contribution in [-0.4, -0.2) is 23.1 Å². The summed E-state index contributed by atoms with van der Waals surface area (Å²) in [6.07, 6.45) is 6.90. The number of hydrogen-bond donors (Lipinski definition) is 1. The molecule has 1 aliphatic carbocycles. The molecule has 1 aliphatic rings. The second-order valence-corrected chi connectivity index (χ2v) is 4.25. The molecule has 0 bridgehead atoms. The van der Waals surface area contributed by atoms with Gasteiger partial charge in [-0.25, -0.2) is 4.98 Å². The van der Waals surface area contributed by atoms with Crippen LogP contribution in [0.4, 0.5) is 0 Å². The summed E-state index contributed by atoms with van der Waals surface area (Å²) in [6.45, 7) is 5.84. The van der Waals surface area contributed by atoms with Gasteiger partial charge in [0.2, 0.25) is 0 Å². The zero-order valence-electron chi connectivity index (χ0n) is 9.42. The largest absolute Gasteiger partial charge is 0.330 e. The molecule has 1 aromatic heterocycles. The third-order valence-electron chi connectivity index (χ3n) is 2.93. The second-order valence-electron chi connectivity index (χ2n) is 4.25. The molecule has 3 heteroatoms. The fourth-order valence-corrected chi connectivity index (χ4v) is 2.21. The van der Waals surface area contributed by atoms with Crippen LogP contribution in [0, 0.1) is 0 Å². The van der Waals surface area contributed by atoms with Gasteiger partial charge < -0.3 is 9.88 Å². The van der Waals surface area contributed by atoms with E-state index in [1.807, 2.05) is 13.4 Å². The number of hydrogen-bond acceptors (Lipinski definition) is 2. The monoisotopic (exact) mass is 205 g/mol. The van der Waals surface area contributed by atoms with E-state index >= 15 is 0 Å². The molecular weight excluding hydrogens is 186 g/mol. The van der Waals surface area contributed by atoms with Crippen LogP contribution in [0.15, 0.2) is 18.5 Å². The SMILES string of the molecule is C=C(CNC)Cn1cnc2c1CCCC2. The van der Waals surface area contributed by atoms with E-state index in [2.05, 4.69) is 21.4 Å². The number of aryl methyl sites for hydroxylation is 1. The maximum Gasteiger partial charge on any atom is 0.0954 e. The van der Waals surface area contributed by atoms with Gasteiger partial charge in [0, 0.05) is 18.8 Å². The predicted molar refractivity (Wildman–Crippen MR) is 61.9 cm³/mol. The van der Waals surface area contributed by atoms with E-state index in [0.717, 1.165) is 19.5 Å². The molecule has 1 aromatic rings. The molecule has 3 nitrogen and oxygen atoms in total. The highest BCUT2D eigenvalue weighted by Gasteiger charge is 2.14. The highest BCUT2D eigenvalue weighted by atomic mass is 15.1. The molecule has 0 aromatic carbocycles. The van der Waals surface area contributed by atoms with Crippen LogP contribution in [0.5, 0.6) is 0 Å². The Bertz CT molecular complexity index is 352. The van der Waals surface area contributed by atoms with Gasteiger partial charge in [-0.1, -0.05) is 6.58 Å². The molecule has 0 saturated carbocycles. The molecule has 0 atom stereocenters. The average molecular weight is 205 g/mol. The van der Waals surface area contributed by atoms with Gasteiger partial charge in [-0.15, -0.1) is 0 Å². The third kappa shape index (κ3) is 2.29. The summed E-state index contributed by atoms with van der Waals surface area (Å²) in [6, 6.07) is 0. The number of nitrogens with zero attached hydrogens (tertiary/aromatic N) is 2. The van der Waals surface area contributed by atoms with Crippen molar-refractivity contribution in [2.24, 2.45) is 0 Å². The Labute approximate surface area is 91.2 Å². The molecule has 2 rings (SSSR count). The molecular formula is C12H19N3. The van der Waals surface area contributed by atoms with Crippen LogP contribution in [0.25, 0.3) is 0 Å². The van der Waals surface area contributed by atoms with Gasteiger partial charge in [-0.3, -0.25) is 0 Å². The fraction of sp³-hybridized carbons (Fsp3) is 0.583. The van der Waals surface area contributed by atoms with Crippen molar-refractivity contribution >= 4 is 0 Å². The Morgan fingerprint density at radius 3 is 3.13 bits per heavy atom. The van der Waals surface area contributed by atoms with Crippen molar-refractivity contribution in [3.63, 3.8) is 0 Å². The minimum absolute atomic E-state index is 0.882. The normalized spacial score (nSPS) is 15.0. The number of imidazole rings is 1. The zero-order chi connectivity index (χ0) is 10.7. The molecule has 0 radical (unpaired) electrons. The van der Waals surface area contributed by atoms with Crippen LogP contribution in [-0.2, 0) is 19.4 Å². The highest BCUT2D eigenvalue weighted by molar-refractivity contribution is 5.17. The highest BCUT2D eigenvalue weighted by Crippen LogP contribution is 2.20. The summed E-state index contributed by atoms with van der Waals surface area (Å²) in [7, 11) is 1.95. The van der Waals surface area contributed by atoms with Gasteiger partial charge in [0.05, 0.1) is 12.0 Å². The lowest BCUT2D eigenvalue weighted by atomic mass is 10.0. The standard InChI is InChI=1S/C12H19N3/c1-10(7-13-2)8-15-9-14-11-5-3-4-6-12(11)15/h9,13H,1,3-8H2,2H3. The van der Waals surface area contributed by atoms with Crippen molar-refractivity contribution < 1.29 is 0 Å². The average Bonchev–Trinajstić information content (AvgIpc) is 2.62. The second kappa shape index (κ2) is 4.62. The van der Waals surface area contributed by atoms with Crippen molar-refractivity contribution in [2.75, 3.05) is 13.6 Å². The van der Waals surface area contributed by atoms with Crippen LogP contribution in [0.3, 0.4) is 0 Å². The maximum absolute atomic E-state index is 4.47. The lowest BCUT2D eigenvalue weighted by Crippen LogP contribution is -2.15. The first kappa shape index (κ1) is 10.4. The minimum atomic E-state index is 0.882. The number of nitrogens with one attached hydrogen (secondary N) is 1. The minimum Gasteiger partial charge on any atom is -0.330 e. The van der Waals surface area contributed by atoms with Crippen molar-refractivity contribution in [2.45, 2.75) is 32.2 Å². The summed E-state index contributed by atoms with van der Waals surface area (Å²) < 4.78 is 2.26. The lowest BCUT2D eigenvalue weighted by Gasteiger charge is -2.14. The molecule has 0 aliphatic heterocycles. The Kier molecular flexibility index (Phi) is 3.21. The first-order chi connectivity index (χ1) is 7.31. The van der Waals surface area contributed by atoms with E-state index in [9.17, 15) is 0 Å². The summed E-state index contributed by atoms with van der Waals surface area (Å²) in [5.74, 6) is 0. The Balaban J connectivity index is 2.08. The third-order valence-corrected chi connectivity index (χ3v) is 2.93. The predicted octanol–water partition coefficient (Wildman–Crippen LogP) is 1.54. The topological polar surface area (TPSA) is 29.9 Å². The first-order valence-corrected chi connectivity index (χ1v) is 5.65. The van der Waals surface area contributed by atoms with Gasteiger partial charge >= 0.3 is 0 Å². The van der Waals surface area contributed by atoms with Crippen molar-refractivity contribution in [1.29, 1.82) is 0 Å².